The molecule has 35 heavy (non-hydrogen) atoms. The summed E-state index contributed by atoms with van der Waals surface area (Å²) in [7, 11) is 0. The summed E-state index contributed by atoms with van der Waals surface area (Å²) in [5.74, 6) is 0.145. The van der Waals surface area contributed by atoms with Crippen molar-refractivity contribution in [3.63, 3.8) is 0 Å². The van der Waals surface area contributed by atoms with Crippen LogP contribution >= 0.6 is 0 Å². The van der Waals surface area contributed by atoms with Crippen LogP contribution in [0.15, 0.2) is 54.9 Å². The Morgan fingerprint density at radius 3 is 2.60 bits per heavy atom. The van der Waals surface area contributed by atoms with Crippen molar-refractivity contribution in [3.05, 3.63) is 71.7 Å². The Bertz CT molecular complexity index is 1190. The molecule has 1 fully saturated rings. The molecule has 2 N–H and O–H groups in total. The van der Waals surface area contributed by atoms with Gasteiger partial charge in [-0.15, -0.1) is 0 Å². The van der Waals surface area contributed by atoms with Gasteiger partial charge in [-0.2, -0.15) is 0 Å². The van der Waals surface area contributed by atoms with Gasteiger partial charge in [0.25, 0.3) is 0 Å². The molecular formula is C28H33N5O2. The first-order chi connectivity index (χ1) is 17.0. The van der Waals surface area contributed by atoms with Gasteiger partial charge in [-0.05, 0) is 61.6 Å². The second-order valence-electron chi connectivity index (χ2n) is 9.06. The van der Waals surface area contributed by atoms with Crippen molar-refractivity contribution in [2.45, 2.75) is 52.9 Å². The molecule has 7 heteroatoms. The predicted molar refractivity (Wildman–Crippen MR) is 140 cm³/mol. The van der Waals surface area contributed by atoms with E-state index in [4.69, 9.17) is 0 Å². The summed E-state index contributed by atoms with van der Waals surface area (Å²) >= 11 is 0. The fraction of sp³-hybridized carbons (Fsp3) is 0.357. The topological polar surface area (TPSA) is 87.2 Å². The second kappa shape index (κ2) is 11.1. The zero-order valence-corrected chi connectivity index (χ0v) is 20.7. The fourth-order valence-electron chi connectivity index (χ4n) is 4.34. The minimum absolute atomic E-state index is 0.0169. The van der Waals surface area contributed by atoms with Crippen LogP contribution in [0.25, 0.3) is 0 Å². The van der Waals surface area contributed by atoms with Crippen molar-refractivity contribution in [3.8, 4) is 0 Å². The van der Waals surface area contributed by atoms with Gasteiger partial charge in [0.1, 0.15) is 12.1 Å². The lowest BCUT2D eigenvalue weighted by molar-refractivity contribution is -0.122. The van der Waals surface area contributed by atoms with Gasteiger partial charge in [0.15, 0.2) is 0 Å². The van der Waals surface area contributed by atoms with Gasteiger partial charge >= 0.3 is 0 Å². The van der Waals surface area contributed by atoms with E-state index < -0.39 is 5.92 Å². The highest BCUT2D eigenvalue weighted by atomic mass is 16.2. The zero-order valence-electron chi connectivity index (χ0n) is 20.7. The van der Waals surface area contributed by atoms with E-state index in [1.807, 2.05) is 43.3 Å². The van der Waals surface area contributed by atoms with Gasteiger partial charge in [0, 0.05) is 41.8 Å². The Labute approximate surface area is 207 Å². The number of carbonyl (C=O) groups excluding carboxylic acids is 2. The van der Waals surface area contributed by atoms with E-state index in [1.54, 1.807) is 4.90 Å². The number of rotatable bonds is 9. The predicted octanol–water partition coefficient (Wildman–Crippen LogP) is 5.43. The Balaban J connectivity index is 1.44. The second-order valence-corrected chi connectivity index (χ2v) is 9.06. The molecule has 3 aromatic rings. The number of hydrogen-bond donors (Lipinski definition) is 2. The normalized spacial score (nSPS) is 15.3. The molecule has 182 valence electrons. The summed E-state index contributed by atoms with van der Waals surface area (Å²) in [6, 6.07) is 15.9. The molecular weight excluding hydrogens is 438 g/mol. The van der Waals surface area contributed by atoms with E-state index in [2.05, 4.69) is 46.6 Å². The molecule has 1 aromatic heterocycles. The van der Waals surface area contributed by atoms with Crippen LogP contribution in [0.5, 0.6) is 0 Å². The minimum Gasteiger partial charge on any atom is -0.340 e. The van der Waals surface area contributed by atoms with Crippen molar-refractivity contribution in [1.82, 2.24) is 9.97 Å². The van der Waals surface area contributed by atoms with Crippen molar-refractivity contribution < 1.29 is 9.59 Å². The van der Waals surface area contributed by atoms with Gasteiger partial charge in [0.05, 0.1) is 5.92 Å². The number of aromatic nitrogens is 2. The number of carbonyl (C=O) groups is 2. The number of anilines is 4. The molecule has 0 spiro atoms. The van der Waals surface area contributed by atoms with Crippen molar-refractivity contribution in [1.29, 1.82) is 0 Å². The molecule has 2 aromatic carbocycles. The molecule has 7 nitrogen and oxygen atoms in total. The van der Waals surface area contributed by atoms with Crippen LogP contribution < -0.4 is 15.5 Å². The van der Waals surface area contributed by atoms with Crippen LogP contribution in [-0.2, 0) is 22.4 Å². The number of amides is 2. The van der Waals surface area contributed by atoms with E-state index in [1.165, 1.54) is 11.9 Å². The molecule has 1 unspecified atom stereocenters. The van der Waals surface area contributed by atoms with Gasteiger partial charge in [0.2, 0.25) is 11.8 Å². The highest BCUT2D eigenvalue weighted by molar-refractivity contribution is 6.03. The first-order valence-corrected chi connectivity index (χ1v) is 12.4. The fourth-order valence-corrected chi connectivity index (χ4v) is 4.34. The lowest BCUT2D eigenvalue weighted by Gasteiger charge is -2.18. The summed E-state index contributed by atoms with van der Waals surface area (Å²) in [5.41, 5.74) is 5.60. The number of nitrogens with one attached hydrogen (secondary N) is 2. The number of benzene rings is 2. The van der Waals surface area contributed by atoms with E-state index >= 15 is 0 Å². The van der Waals surface area contributed by atoms with E-state index in [0.29, 0.717) is 12.4 Å². The van der Waals surface area contributed by atoms with Gasteiger partial charge in [-0.1, -0.05) is 38.5 Å². The third-order valence-electron chi connectivity index (χ3n) is 6.39. The number of nitrogens with zero attached hydrogens (tertiary/aromatic N) is 3. The van der Waals surface area contributed by atoms with Crippen molar-refractivity contribution >= 4 is 34.7 Å². The molecule has 2 heterocycles. The molecule has 2 amide bonds. The smallest absolute Gasteiger partial charge is 0.229 e. The van der Waals surface area contributed by atoms with Crippen LogP contribution in [0, 0.1) is 12.8 Å². The van der Waals surface area contributed by atoms with Crippen LogP contribution in [0.2, 0.25) is 0 Å². The minimum atomic E-state index is -0.395. The number of aryl methyl sites for hydroxylation is 3. The van der Waals surface area contributed by atoms with Gasteiger partial charge in [-0.25, -0.2) is 9.97 Å². The van der Waals surface area contributed by atoms with E-state index in [-0.39, 0.29) is 18.2 Å². The van der Waals surface area contributed by atoms with Gasteiger partial charge in [-0.3, -0.25) is 9.59 Å². The lowest BCUT2D eigenvalue weighted by Crippen LogP contribution is -2.28. The summed E-state index contributed by atoms with van der Waals surface area (Å²) in [6.07, 6.45) is 5.86. The zero-order chi connectivity index (χ0) is 24.8. The van der Waals surface area contributed by atoms with Crippen LogP contribution in [0.3, 0.4) is 0 Å². The Morgan fingerprint density at radius 1 is 1.09 bits per heavy atom. The Hall–Kier alpha value is -3.74. The standard InChI is InChI=1S/C28H33N5O2/c1-4-6-7-20-8-12-24(13-9-20)33-17-22(15-27(33)34)28(35)32-25-16-23(11-10-21(25)5-2)31-26-14-19(3)29-18-30-26/h8-14,16,18,22H,4-7,15,17H2,1-3H3,(H,32,35)(H,29,30,31). The van der Waals surface area contributed by atoms with Gasteiger partial charge < -0.3 is 15.5 Å². The Morgan fingerprint density at radius 2 is 1.89 bits per heavy atom. The maximum absolute atomic E-state index is 13.2. The van der Waals surface area contributed by atoms with E-state index in [9.17, 15) is 9.59 Å². The highest BCUT2D eigenvalue weighted by Crippen LogP contribution is 2.29. The van der Waals surface area contributed by atoms with Crippen LogP contribution in [-0.4, -0.2) is 28.3 Å². The quantitative estimate of drug-likeness (QED) is 0.435. The molecule has 0 saturated carbocycles. The monoisotopic (exact) mass is 471 g/mol. The summed E-state index contributed by atoms with van der Waals surface area (Å²) < 4.78 is 0. The molecule has 1 aliphatic heterocycles. The van der Waals surface area contributed by atoms with E-state index in [0.717, 1.165) is 54.0 Å². The third-order valence-corrected chi connectivity index (χ3v) is 6.39. The molecule has 4 rings (SSSR count). The SMILES string of the molecule is CCCCc1ccc(N2CC(C(=O)Nc3cc(Nc4cc(C)ncn4)ccc3CC)CC2=O)cc1. The first-order valence-electron chi connectivity index (χ1n) is 12.4. The maximum Gasteiger partial charge on any atom is 0.229 e. The largest absolute Gasteiger partial charge is 0.340 e. The molecule has 1 aliphatic rings. The number of hydrogen-bond acceptors (Lipinski definition) is 5. The summed E-state index contributed by atoms with van der Waals surface area (Å²) in [6.45, 7) is 6.53. The molecule has 1 atom stereocenters. The number of unbranched alkanes of at least 4 members (excludes halogenated alkanes) is 1. The molecule has 0 aliphatic carbocycles. The van der Waals surface area contributed by atoms with Crippen molar-refractivity contribution in [2.75, 3.05) is 22.1 Å². The van der Waals surface area contributed by atoms with Crippen LogP contribution in [0.1, 0.15) is 49.9 Å². The average molecular weight is 472 g/mol. The summed E-state index contributed by atoms with van der Waals surface area (Å²) in [4.78, 5) is 36.0. The lowest BCUT2D eigenvalue weighted by atomic mass is 10.1. The average Bonchev–Trinajstić information content (AvgIpc) is 3.25. The third kappa shape index (κ3) is 6.04. The summed E-state index contributed by atoms with van der Waals surface area (Å²) in [5, 5.41) is 6.34. The Kier molecular flexibility index (Phi) is 7.75. The molecule has 0 bridgehead atoms. The highest BCUT2D eigenvalue weighted by Gasteiger charge is 2.35. The first kappa shape index (κ1) is 24.4. The van der Waals surface area contributed by atoms with Crippen molar-refractivity contribution in [2.24, 2.45) is 5.92 Å². The molecule has 0 radical (unpaired) electrons. The van der Waals surface area contributed by atoms with Crippen LogP contribution in [0.4, 0.5) is 22.9 Å². The maximum atomic E-state index is 13.2. The molecule has 1 saturated heterocycles.